The monoisotopic (exact) mass is 779 g/mol. The van der Waals surface area contributed by atoms with Gasteiger partial charge in [0.25, 0.3) is 0 Å². The third-order valence-corrected chi connectivity index (χ3v) is 9.43. The molecule has 0 aromatic carbocycles. The van der Waals surface area contributed by atoms with E-state index in [1.165, 1.54) is 64.2 Å². The molecule has 0 amide bonds. The van der Waals surface area contributed by atoms with Crippen LogP contribution in [0.2, 0.25) is 0 Å². The SMILES string of the molecule is CC/C=C\C/C=C\C/C=C\C/C=C\CCCCCCCCCOCC(COC(=O)CCCCCCC/C=C\C/C=C\C/C=C\CC)OC(=O)CCCCCCC. The third kappa shape index (κ3) is 43.8. The van der Waals surface area contributed by atoms with Crippen LogP contribution in [0.15, 0.2) is 85.1 Å². The van der Waals surface area contributed by atoms with Gasteiger partial charge in [-0.05, 0) is 89.9 Å². The van der Waals surface area contributed by atoms with Crippen LogP contribution in [0.3, 0.4) is 0 Å². The molecule has 0 aliphatic heterocycles. The molecule has 0 aromatic rings. The minimum atomic E-state index is -0.547. The van der Waals surface area contributed by atoms with Crippen molar-refractivity contribution in [1.29, 1.82) is 0 Å². The average molecular weight is 779 g/mol. The summed E-state index contributed by atoms with van der Waals surface area (Å²) in [6.07, 6.45) is 60.4. The summed E-state index contributed by atoms with van der Waals surface area (Å²) in [6, 6.07) is 0. The molecule has 0 heterocycles. The summed E-state index contributed by atoms with van der Waals surface area (Å²) in [5.41, 5.74) is 0. The number of hydrogen-bond donors (Lipinski definition) is 0. The molecule has 1 unspecified atom stereocenters. The Morgan fingerprint density at radius 3 is 1.29 bits per heavy atom. The maximum atomic E-state index is 12.5. The van der Waals surface area contributed by atoms with Gasteiger partial charge in [0.15, 0.2) is 6.10 Å². The summed E-state index contributed by atoms with van der Waals surface area (Å²) in [7, 11) is 0. The summed E-state index contributed by atoms with van der Waals surface area (Å²) >= 11 is 0. The molecule has 0 saturated carbocycles. The summed E-state index contributed by atoms with van der Waals surface area (Å²) < 4.78 is 17.2. The Bertz CT molecular complexity index is 1060. The van der Waals surface area contributed by atoms with Gasteiger partial charge in [0, 0.05) is 19.4 Å². The van der Waals surface area contributed by atoms with E-state index in [0.29, 0.717) is 19.4 Å². The van der Waals surface area contributed by atoms with Gasteiger partial charge in [-0.2, -0.15) is 0 Å². The number of hydrogen-bond acceptors (Lipinski definition) is 5. The molecule has 5 heteroatoms. The molecule has 0 radical (unpaired) electrons. The number of allylic oxidation sites excluding steroid dienone is 14. The van der Waals surface area contributed by atoms with Crippen LogP contribution in [-0.4, -0.2) is 37.9 Å². The molecule has 0 aliphatic carbocycles. The lowest BCUT2D eigenvalue weighted by Crippen LogP contribution is -2.30. The maximum Gasteiger partial charge on any atom is 0.306 e. The molecule has 0 N–H and O–H groups in total. The van der Waals surface area contributed by atoms with E-state index in [4.69, 9.17) is 14.2 Å². The van der Waals surface area contributed by atoms with Gasteiger partial charge in [-0.15, -0.1) is 0 Å². The molecule has 5 nitrogen and oxygen atoms in total. The van der Waals surface area contributed by atoms with Crippen LogP contribution in [-0.2, 0) is 23.8 Å². The number of ether oxygens (including phenoxy) is 3. The largest absolute Gasteiger partial charge is 0.462 e. The summed E-state index contributed by atoms with van der Waals surface area (Å²) in [5.74, 6) is -0.440. The summed E-state index contributed by atoms with van der Waals surface area (Å²) in [5, 5.41) is 0. The lowest BCUT2D eigenvalue weighted by Gasteiger charge is -2.18. The highest BCUT2D eigenvalue weighted by atomic mass is 16.6. The first-order chi connectivity index (χ1) is 27.6. The van der Waals surface area contributed by atoms with Gasteiger partial charge in [0.2, 0.25) is 0 Å². The number of carbonyl (C=O) groups excluding carboxylic acids is 2. The van der Waals surface area contributed by atoms with Gasteiger partial charge in [0.1, 0.15) is 6.61 Å². The molecule has 0 aromatic heterocycles. The second kappa shape index (κ2) is 46.5. The molecule has 1 atom stereocenters. The molecule has 0 bridgehead atoms. The minimum Gasteiger partial charge on any atom is -0.462 e. The first-order valence-electron chi connectivity index (χ1n) is 23.1. The predicted molar refractivity (Wildman–Crippen MR) is 242 cm³/mol. The Hall–Kier alpha value is -2.92. The Balaban J connectivity index is 4.10. The Morgan fingerprint density at radius 1 is 0.411 bits per heavy atom. The van der Waals surface area contributed by atoms with Crippen LogP contribution in [0, 0.1) is 0 Å². The molecule has 0 saturated heterocycles. The molecular formula is C51H86O5. The minimum absolute atomic E-state index is 0.0677. The van der Waals surface area contributed by atoms with Gasteiger partial charge in [-0.3, -0.25) is 9.59 Å². The second-order valence-electron chi connectivity index (χ2n) is 14.9. The zero-order valence-electron chi connectivity index (χ0n) is 36.6. The number of carbonyl (C=O) groups is 2. The summed E-state index contributed by atoms with van der Waals surface area (Å²) in [6.45, 7) is 7.48. The smallest absolute Gasteiger partial charge is 0.306 e. The fourth-order valence-corrected chi connectivity index (χ4v) is 6.04. The van der Waals surface area contributed by atoms with E-state index < -0.39 is 6.10 Å². The Kier molecular flexibility index (Phi) is 44.0. The van der Waals surface area contributed by atoms with Crippen LogP contribution in [0.25, 0.3) is 0 Å². The highest BCUT2D eigenvalue weighted by Gasteiger charge is 2.17. The van der Waals surface area contributed by atoms with Gasteiger partial charge in [0.05, 0.1) is 6.61 Å². The topological polar surface area (TPSA) is 61.8 Å². The molecule has 0 aliphatic rings. The molecule has 320 valence electrons. The number of unbranched alkanes of at least 4 members (excludes halogenated alkanes) is 16. The van der Waals surface area contributed by atoms with Gasteiger partial charge in [-0.1, -0.05) is 183 Å². The van der Waals surface area contributed by atoms with E-state index in [2.05, 4.69) is 106 Å². The van der Waals surface area contributed by atoms with Crippen molar-refractivity contribution in [2.24, 2.45) is 0 Å². The molecule has 0 rings (SSSR count). The fourth-order valence-electron chi connectivity index (χ4n) is 6.04. The van der Waals surface area contributed by atoms with Gasteiger partial charge < -0.3 is 14.2 Å². The van der Waals surface area contributed by atoms with E-state index >= 15 is 0 Å². The van der Waals surface area contributed by atoms with Crippen molar-refractivity contribution in [1.82, 2.24) is 0 Å². The third-order valence-electron chi connectivity index (χ3n) is 9.43. The Labute approximate surface area is 346 Å². The van der Waals surface area contributed by atoms with Crippen molar-refractivity contribution in [3.8, 4) is 0 Å². The molecule has 0 fully saturated rings. The van der Waals surface area contributed by atoms with Crippen molar-refractivity contribution in [3.05, 3.63) is 85.1 Å². The predicted octanol–water partition coefficient (Wildman–Crippen LogP) is 15.3. The number of esters is 2. The van der Waals surface area contributed by atoms with E-state index in [1.54, 1.807) is 0 Å². The van der Waals surface area contributed by atoms with E-state index in [-0.39, 0.29) is 25.2 Å². The van der Waals surface area contributed by atoms with Crippen molar-refractivity contribution in [2.75, 3.05) is 19.8 Å². The van der Waals surface area contributed by atoms with E-state index in [9.17, 15) is 9.59 Å². The van der Waals surface area contributed by atoms with Gasteiger partial charge >= 0.3 is 11.9 Å². The highest BCUT2D eigenvalue weighted by Crippen LogP contribution is 2.12. The first kappa shape index (κ1) is 53.1. The standard InChI is InChI=1S/C51H86O5/c1-4-7-10-13-15-17-19-21-23-24-25-26-27-29-31-33-35-37-40-43-46-54-47-49(56-51(53)45-42-38-12-9-6-3)48-55-50(52)44-41-39-36-34-32-30-28-22-20-18-16-14-11-8-5-2/h7-8,10-11,15-18,21-23,25-26,28,49H,4-6,9,12-14,19-20,24,27,29-48H2,1-3H3/b10-7-,11-8-,17-15-,18-16-,23-21-,26-25-,28-22-. The number of rotatable bonds is 41. The quantitative estimate of drug-likeness (QED) is 0.0351. The fraction of sp³-hybridized carbons (Fsp3) is 0.686. The maximum absolute atomic E-state index is 12.5. The van der Waals surface area contributed by atoms with Crippen molar-refractivity contribution >= 4 is 11.9 Å². The highest BCUT2D eigenvalue weighted by molar-refractivity contribution is 5.70. The van der Waals surface area contributed by atoms with E-state index in [0.717, 1.165) is 103 Å². The lowest BCUT2D eigenvalue weighted by molar-refractivity contribution is -0.163. The van der Waals surface area contributed by atoms with Crippen LogP contribution in [0.5, 0.6) is 0 Å². The van der Waals surface area contributed by atoms with Gasteiger partial charge in [-0.25, -0.2) is 0 Å². The normalized spacial score (nSPS) is 13.0. The summed E-state index contributed by atoms with van der Waals surface area (Å²) in [4.78, 5) is 25.0. The Morgan fingerprint density at radius 2 is 0.804 bits per heavy atom. The second-order valence-corrected chi connectivity index (χ2v) is 14.9. The molecule has 56 heavy (non-hydrogen) atoms. The first-order valence-corrected chi connectivity index (χ1v) is 23.1. The molecule has 0 spiro atoms. The van der Waals surface area contributed by atoms with Crippen LogP contribution in [0.4, 0.5) is 0 Å². The van der Waals surface area contributed by atoms with Crippen LogP contribution < -0.4 is 0 Å². The molecular weight excluding hydrogens is 693 g/mol. The van der Waals surface area contributed by atoms with Crippen molar-refractivity contribution in [3.63, 3.8) is 0 Å². The van der Waals surface area contributed by atoms with Crippen LogP contribution >= 0.6 is 0 Å². The zero-order valence-corrected chi connectivity index (χ0v) is 36.6. The van der Waals surface area contributed by atoms with E-state index in [1.807, 2.05) is 0 Å². The average Bonchev–Trinajstić information content (AvgIpc) is 3.20. The van der Waals surface area contributed by atoms with Crippen LogP contribution in [0.1, 0.15) is 201 Å². The zero-order chi connectivity index (χ0) is 40.7. The van der Waals surface area contributed by atoms with Crippen molar-refractivity contribution in [2.45, 2.75) is 207 Å². The lowest BCUT2D eigenvalue weighted by atomic mass is 10.1. The van der Waals surface area contributed by atoms with Crippen molar-refractivity contribution < 1.29 is 23.8 Å².